The molecule has 2 N–H and O–H groups in total. The van der Waals surface area contributed by atoms with Crippen LogP contribution in [0.15, 0.2) is 12.3 Å². The molecule has 4 atom stereocenters. The van der Waals surface area contributed by atoms with Gasteiger partial charge in [-0.15, -0.1) is 0 Å². The van der Waals surface area contributed by atoms with E-state index in [-0.39, 0.29) is 30.3 Å². The molecule has 0 aromatic carbocycles. The molecule has 164 valence electrons. The zero-order valence-corrected chi connectivity index (χ0v) is 17.8. The van der Waals surface area contributed by atoms with Gasteiger partial charge in [0.1, 0.15) is 24.1 Å². The first kappa shape index (κ1) is 23.5. The molecule has 1 fully saturated rings. The number of amides is 1. The maximum Gasteiger partial charge on any atom is 0.275 e. The maximum absolute atomic E-state index is 12.7. The fourth-order valence-electron chi connectivity index (χ4n) is 3.11. The number of nitrogens with one attached hydrogen (secondary N) is 1. The Bertz CT molecular complexity index is 642. The molecule has 2 rings (SSSR count). The lowest BCUT2D eigenvalue weighted by molar-refractivity contribution is -0.234. The van der Waals surface area contributed by atoms with E-state index in [9.17, 15) is 9.90 Å². The Morgan fingerprint density at radius 3 is 2.41 bits per heavy atom. The molecule has 0 bridgehead atoms. The highest BCUT2D eigenvalue weighted by Gasteiger charge is 2.43. The van der Waals surface area contributed by atoms with Crippen LogP contribution in [0.2, 0.25) is 0 Å². The van der Waals surface area contributed by atoms with Crippen LogP contribution in [0.25, 0.3) is 0 Å². The lowest BCUT2D eigenvalue weighted by atomic mass is 10.0. The third-order valence-electron chi connectivity index (χ3n) is 4.61. The zero-order valence-electron chi connectivity index (χ0n) is 17.8. The molecule has 1 aromatic rings. The van der Waals surface area contributed by atoms with E-state index >= 15 is 0 Å². The van der Waals surface area contributed by atoms with Crippen molar-refractivity contribution in [1.29, 1.82) is 0 Å². The third kappa shape index (κ3) is 6.37. The second-order valence-electron chi connectivity index (χ2n) is 7.13. The molecule has 1 aliphatic rings. The summed E-state index contributed by atoms with van der Waals surface area (Å²) in [5, 5.41) is 13.0. The van der Waals surface area contributed by atoms with Crippen LogP contribution in [-0.4, -0.2) is 67.0 Å². The van der Waals surface area contributed by atoms with E-state index in [1.165, 1.54) is 6.20 Å². The van der Waals surface area contributed by atoms with Crippen LogP contribution in [0, 0.1) is 6.92 Å². The lowest BCUT2D eigenvalue weighted by Gasteiger charge is -2.42. The van der Waals surface area contributed by atoms with Crippen molar-refractivity contribution in [2.45, 2.75) is 71.5 Å². The van der Waals surface area contributed by atoms with Crippen LogP contribution >= 0.6 is 0 Å². The Hall–Kier alpha value is -1.74. The van der Waals surface area contributed by atoms with Gasteiger partial charge in [-0.25, -0.2) is 4.98 Å². The zero-order chi connectivity index (χ0) is 21.2. The highest BCUT2D eigenvalue weighted by molar-refractivity contribution is 5.95. The summed E-state index contributed by atoms with van der Waals surface area (Å²) < 4.78 is 23.9. The van der Waals surface area contributed by atoms with Crippen molar-refractivity contribution >= 4 is 5.91 Å². The average molecular weight is 411 g/mol. The van der Waals surface area contributed by atoms with Gasteiger partial charge in [0.05, 0.1) is 6.61 Å². The molecule has 8 heteroatoms. The van der Waals surface area contributed by atoms with Crippen molar-refractivity contribution in [3.05, 3.63) is 23.5 Å². The summed E-state index contributed by atoms with van der Waals surface area (Å²) in [5.41, 5.74) is 0.531. The van der Waals surface area contributed by atoms with Crippen LogP contribution in [-0.2, 0) is 18.9 Å². The predicted octanol–water partition coefficient (Wildman–Crippen LogP) is 2.57. The molecule has 1 amide bonds. The molecule has 0 unspecified atom stereocenters. The van der Waals surface area contributed by atoms with Gasteiger partial charge in [0.15, 0.2) is 11.9 Å². The number of aromatic hydroxyl groups is 1. The summed E-state index contributed by atoms with van der Waals surface area (Å²) in [6.45, 7) is 9.73. The number of nitrogens with zero attached hydrogens (tertiary/aromatic N) is 1. The average Bonchev–Trinajstić information content (AvgIpc) is 2.72. The molecule has 8 nitrogen and oxygen atoms in total. The molecule has 2 heterocycles. The van der Waals surface area contributed by atoms with E-state index in [4.69, 9.17) is 18.9 Å². The maximum atomic E-state index is 12.7. The monoisotopic (exact) mass is 410 g/mol. The van der Waals surface area contributed by atoms with Gasteiger partial charge in [-0.05, 0) is 37.8 Å². The van der Waals surface area contributed by atoms with Crippen LogP contribution in [0.3, 0.4) is 0 Å². The van der Waals surface area contributed by atoms with E-state index < -0.39 is 18.2 Å². The summed E-state index contributed by atoms with van der Waals surface area (Å²) in [7, 11) is 0. The number of carbonyl (C=O) groups excluding carboxylic acids is 1. The number of rotatable bonds is 11. The van der Waals surface area contributed by atoms with Gasteiger partial charge >= 0.3 is 0 Å². The Labute approximate surface area is 172 Å². The topological polar surface area (TPSA) is 99.1 Å². The standard InChI is InChI=1S/C21H34N2O6/c1-5-10-26-15-13-29-21(19(28-12-7-3)18(15)27-11-6-2)23-20(25)16-17(24)14(4)8-9-22-16/h8-9,15,18-19,21,24H,5-7,10-13H2,1-4H3,(H,23,25)/t15-,18+,19-,21-/m1/s1. The van der Waals surface area contributed by atoms with Crippen molar-refractivity contribution in [2.24, 2.45) is 0 Å². The normalized spacial score (nSPS) is 24.4. The Morgan fingerprint density at radius 2 is 1.76 bits per heavy atom. The first-order valence-corrected chi connectivity index (χ1v) is 10.4. The van der Waals surface area contributed by atoms with Crippen molar-refractivity contribution in [3.8, 4) is 5.75 Å². The first-order chi connectivity index (χ1) is 14.0. The Balaban J connectivity index is 2.19. The Kier molecular flexibility index (Phi) is 9.80. The van der Waals surface area contributed by atoms with Crippen LogP contribution in [0.1, 0.15) is 56.1 Å². The molecule has 29 heavy (non-hydrogen) atoms. The van der Waals surface area contributed by atoms with E-state index in [1.54, 1.807) is 13.0 Å². The number of ether oxygens (including phenoxy) is 4. The van der Waals surface area contributed by atoms with E-state index in [1.807, 2.05) is 20.8 Å². The van der Waals surface area contributed by atoms with Crippen molar-refractivity contribution in [1.82, 2.24) is 10.3 Å². The predicted molar refractivity (Wildman–Crippen MR) is 108 cm³/mol. The fraction of sp³-hybridized carbons (Fsp3) is 0.714. The second-order valence-corrected chi connectivity index (χ2v) is 7.13. The molecule has 0 aliphatic carbocycles. The number of hydrogen-bond donors (Lipinski definition) is 2. The van der Waals surface area contributed by atoms with Crippen molar-refractivity contribution in [3.63, 3.8) is 0 Å². The molecule has 0 radical (unpaired) electrons. The summed E-state index contributed by atoms with van der Waals surface area (Å²) in [6.07, 6.45) is 2.13. The van der Waals surface area contributed by atoms with Crippen molar-refractivity contribution < 1.29 is 28.8 Å². The van der Waals surface area contributed by atoms with Gasteiger partial charge in [-0.2, -0.15) is 0 Å². The van der Waals surface area contributed by atoms with Gasteiger partial charge in [0, 0.05) is 26.0 Å². The number of aryl methyl sites for hydroxylation is 1. The molecular formula is C21H34N2O6. The molecule has 1 aliphatic heterocycles. The molecular weight excluding hydrogens is 376 g/mol. The van der Waals surface area contributed by atoms with Gasteiger partial charge in [0.2, 0.25) is 0 Å². The van der Waals surface area contributed by atoms with Crippen LogP contribution < -0.4 is 5.32 Å². The summed E-state index contributed by atoms with van der Waals surface area (Å²) in [6, 6.07) is 1.64. The molecule has 1 saturated heterocycles. The Morgan fingerprint density at radius 1 is 1.14 bits per heavy atom. The minimum atomic E-state index is -0.737. The number of hydrogen-bond acceptors (Lipinski definition) is 7. The van der Waals surface area contributed by atoms with Crippen LogP contribution in [0.5, 0.6) is 5.75 Å². The first-order valence-electron chi connectivity index (χ1n) is 10.4. The number of pyridine rings is 1. The molecule has 0 spiro atoms. The summed E-state index contributed by atoms with van der Waals surface area (Å²) >= 11 is 0. The van der Waals surface area contributed by atoms with E-state index in [2.05, 4.69) is 10.3 Å². The highest BCUT2D eigenvalue weighted by atomic mass is 16.6. The summed E-state index contributed by atoms with van der Waals surface area (Å²) in [5.74, 6) is -0.668. The summed E-state index contributed by atoms with van der Waals surface area (Å²) in [4.78, 5) is 16.7. The van der Waals surface area contributed by atoms with Gasteiger partial charge in [-0.1, -0.05) is 20.8 Å². The second kappa shape index (κ2) is 12.1. The SMILES string of the molecule is CCCO[C@@H]1[C@@H](OCCC)[C@H](OCCC)CO[C@H]1NC(=O)c1nccc(C)c1O. The largest absolute Gasteiger partial charge is 0.505 e. The van der Waals surface area contributed by atoms with Gasteiger partial charge in [0.25, 0.3) is 5.91 Å². The van der Waals surface area contributed by atoms with Crippen LogP contribution in [0.4, 0.5) is 0 Å². The van der Waals surface area contributed by atoms with E-state index in [0.29, 0.717) is 25.4 Å². The third-order valence-corrected chi connectivity index (χ3v) is 4.61. The lowest BCUT2D eigenvalue weighted by Crippen LogP contribution is -2.61. The number of aromatic nitrogens is 1. The molecule has 1 aromatic heterocycles. The quantitative estimate of drug-likeness (QED) is 0.578. The van der Waals surface area contributed by atoms with E-state index in [0.717, 1.165) is 19.3 Å². The fourth-order valence-corrected chi connectivity index (χ4v) is 3.11. The number of carbonyl (C=O) groups is 1. The van der Waals surface area contributed by atoms with Gasteiger partial charge < -0.3 is 29.4 Å². The minimum Gasteiger partial charge on any atom is -0.505 e. The van der Waals surface area contributed by atoms with Gasteiger partial charge in [-0.3, -0.25) is 4.79 Å². The smallest absolute Gasteiger partial charge is 0.275 e. The minimum absolute atomic E-state index is 0.0433. The highest BCUT2D eigenvalue weighted by Crippen LogP contribution is 2.25. The molecule has 0 saturated carbocycles. The van der Waals surface area contributed by atoms with Crippen molar-refractivity contribution in [2.75, 3.05) is 26.4 Å².